The van der Waals surface area contributed by atoms with E-state index in [9.17, 15) is 14.0 Å². The Morgan fingerprint density at radius 3 is 2.71 bits per heavy atom. The molecule has 1 aliphatic heterocycles. The SMILES string of the molecule is CC(=O)N(CCc1noc(C(C)C)n1)C1CCCN(C(=O)COc2ccc(F)cc2)C1. The van der Waals surface area contributed by atoms with Gasteiger partial charge in [-0.25, -0.2) is 4.39 Å². The molecule has 8 nitrogen and oxygen atoms in total. The number of hydrogen-bond donors (Lipinski definition) is 0. The summed E-state index contributed by atoms with van der Waals surface area (Å²) in [6.45, 7) is 6.91. The summed E-state index contributed by atoms with van der Waals surface area (Å²) in [6, 6.07) is 5.48. The second kappa shape index (κ2) is 10.4. The number of rotatable bonds is 8. The Hall–Kier alpha value is -2.97. The normalized spacial score (nSPS) is 16.4. The number of benzene rings is 1. The highest BCUT2D eigenvalue weighted by Gasteiger charge is 2.29. The third-order valence-electron chi connectivity index (χ3n) is 5.32. The Labute approximate surface area is 181 Å². The molecule has 168 valence electrons. The average molecular weight is 432 g/mol. The molecule has 1 aromatic carbocycles. The van der Waals surface area contributed by atoms with Crippen molar-refractivity contribution in [3.63, 3.8) is 0 Å². The molecule has 9 heteroatoms. The van der Waals surface area contributed by atoms with Gasteiger partial charge in [-0.3, -0.25) is 9.59 Å². The zero-order valence-corrected chi connectivity index (χ0v) is 18.2. The lowest BCUT2D eigenvalue weighted by atomic mass is 10.0. The standard InChI is InChI=1S/C22H29FN4O4/c1-15(2)22-24-20(25-31-22)10-12-27(16(3)28)18-5-4-11-26(13-18)21(29)14-30-19-8-6-17(23)7-9-19/h6-9,15,18H,4-5,10-14H2,1-3H3. The Balaban J connectivity index is 1.54. The molecule has 2 amide bonds. The van der Waals surface area contributed by atoms with Crippen LogP contribution in [0.3, 0.4) is 0 Å². The third-order valence-corrected chi connectivity index (χ3v) is 5.32. The maximum Gasteiger partial charge on any atom is 0.260 e. The molecule has 0 spiro atoms. The van der Waals surface area contributed by atoms with Crippen LogP contribution in [0.4, 0.5) is 4.39 Å². The molecule has 0 bridgehead atoms. The average Bonchev–Trinajstić information content (AvgIpc) is 3.23. The van der Waals surface area contributed by atoms with Gasteiger partial charge in [-0.15, -0.1) is 0 Å². The molecule has 1 aromatic heterocycles. The summed E-state index contributed by atoms with van der Waals surface area (Å²) in [5.74, 6) is 1.19. The predicted octanol–water partition coefficient (Wildman–Crippen LogP) is 2.79. The van der Waals surface area contributed by atoms with Gasteiger partial charge in [0.25, 0.3) is 5.91 Å². The van der Waals surface area contributed by atoms with Crippen molar-refractivity contribution in [3.8, 4) is 5.75 Å². The lowest BCUT2D eigenvalue weighted by Crippen LogP contribution is -2.52. The highest BCUT2D eigenvalue weighted by atomic mass is 19.1. The van der Waals surface area contributed by atoms with E-state index in [2.05, 4.69) is 10.1 Å². The Bertz CT molecular complexity index is 884. The third kappa shape index (κ3) is 6.26. The first-order valence-corrected chi connectivity index (χ1v) is 10.6. The monoisotopic (exact) mass is 432 g/mol. The summed E-state index contributed by atoms with van der Waals surface area (Å²) < 4.78 is 23.7. The molecule has 31 heavy (non-hydrogen) atoms. The predicted molar refractivity (Wildman–Crippen MR) is 111 cm³/mol. The minimum Gasteiger partial charge on any atom is -0.484 e. The Morgan fingerprint density at radius 2 is 2.06 bits per heavy atom. The fourth-order valence-electron chi connectivity index (χ4n) is 3.62. The Morgan fingerprint density at radius 1 is 1.32 bits per heavy atom. The minimum atomic E-state index is -0.358. The van der Waals surface area contributed by atoms with Gasteiger partial charge in [0.15, 0.2) is 12.4 Å². The molecule has 2 aromatic rings. The smallest absolute Gasteiger partial charge is 0.260 e. The first kappa shape index (κ1) is 22.7. The van der Waals surface area contributed by atoms with E-state index in [1.54, 1.807) is 9.80 Å². The van der Waals surface area contributed by atoms with Gasteiger partial charge in [-0.05, 0) is 37.1 Å². The number of carbonyl (C=O) groups excluding carboxylic acids is 2. The number of amides is 2. The number of aromatic nitrogens is 2. The number of ether oxygens (including phenoxy) is 1. The summed E-state index contributed by atoms with van der Waals surface area (Å²) in [6.07, 6.45) is 2.12. The van der Waals surface area contributed by atoms with Gasteiger partial charge in [0, 0.05) is 44.9 Å². The van der Waals surface area contributed by atoms with Gasteiger partial charge in [-0.2, -0.15) is 4.98 Å². The number of piperidine rings is 1. The second-order valence-electron chi connectivity index (χ2n) is 8.04. The fourth-order valence-corrected chi connectivity index (χ4v) is 3.62. The number of hydrogen-bond acceptors (Lipinski definition) is 6. The van der Waals surface area contributed by atoms with Crippen molar-refractivity contribution >= 4 is 11.8 Å². The lowest BCUT2D eigenvalue weighted by molar-refractivity contribution is -0.139. The van der Waals surface area contributed by atoms with Crippen molar-refractivity contribution in [2.24, 2.45) is 0 Å². The van der Waals surface area contributed by atoms with E-state index in [1.807, 2.05) is 13.8 Å². The lowest BCUT2D eigenvalue weighted by Gasteiger charge is -2.39. The van der Waals surface area contributed by atoms with Gasteiger partial charge in [0.1, 0.15) is 11.6 Å². The molecular formula is C22H29FN4O4. The van der Waals surface area contributed by atoms with E-state index >= 15 is 0 Å². The highest BCUT2D eigenvalue weighted by Crippen LogP contribution is 2.18. The molecule has 1 saturated heterocycles. The van der Waals surface area contributed by atoms with Crippen molar-refractivity contribution in [2.75, 3.05) is 26.2 Å². The minimum absolute atomic E-state index is 0.0468. The summed E-state index contributed by atoms with van der Waals surface area (Å²) in [7, 11) is 0. The molecule has 0 N–H and O–H groups in total. The van der Waals surface area contributed by atoms with E-state index < -0.39 is 0 Å². The van der Waals surface area contributed by atoms with Crippen molar-refractivity contribution in [3.05, 3.63) is 41.8 Å². The first-order chi connectivity index (χ1) is 14.8. The largest absolute Gasteiger partial charge is 0.484 e. The topological polar surface area (TPSA) is 88.8 Å². The van der Waals surface area contributed by atoms with E-state index in [-0.39, 0.29) is 36.2 Å². The summed E-state index contributed by atoms with van der Waals surface area (Å²) in [5, 5.41) is 3.99. The van der Waals surface area contributed by atoms with Crippen LogP contribution in [0.15, 0.2) is 28.8 Å². The van der Waals surface area contributed by atoms with Gasteiger partial charge in [0.2, 0.25) is 11.8 Å². The number of halogens is 1. The van der Waals surface area contributed by atoms with E-state index in [1.165, 1.54) is 31.2 Å². The molecule has 1 atom stereocenters. The Kier molecular flexibility index (Phi) is 7.59. The van der Waals surface area contributed by atoms with Crippen LogP contribution in [0.2, 0.25) is 0 Å². The highest BCUT2D eigenvalue weighted by molar-refractivity contribution is 5.78. The van der Waals surface area contributed by atoms with Crippen LogP contribution < -0.4 is 4.74 Å². The number of carbonyl (C=O) groups is 2. The van der Waals surface area contributed by atoms with Crippen molar-refractivity contribution in [1.29, 1.82) is 0 Å². The van der Waals surface area contributed by atoms with Crippen LogP contribution >= 0.6 is 0 Å². The summed E-state index contributed by atoms with van der Waals surface area (Å²) >= 11 is 0. The molecule has 0 aliphatic carbocycles. The van der Waals surface area contributed by atoms with Crippen molar-refractivity contribution in [1.82, 2.24) is 19.9 Å². The molecule has 0 radical (unpaired) electrons. The van der Waals surface area contributed by atoms with E-state index in [0.29, 0.717) is 43.5 Å². The maximum absolute atomic E-state index is 13.0. The molecule has 1 aliphatic rings. The zero-order valence-electron chi connectivity index (χ0n) is 18.2. The molecule has 1 fully saturated rings. The van der Waals surface area contributed by atoms with Gasteiger partial charge in [-0.1, -0.05) is 19.0 Å². The molecule has 2 heterocycles. The fraction of sp³-hybridized carbons (Fsp3) is 0.545. The van der Waals surface area contributed by atoms with Crippen molar-refractivity contribution in [2.45, 2.75) is 52.0 Å². The first-order valence-electron chi connectivity index (χ1n) is 10.6. The maximum atomic E-state index is 13.0. The van der Waals surface area contributed by atoms with E-state index in [4.69, 9.17) is 9.26 Å². The van der Waals surface area contributed by atoms with Crippen LogP contribution in [0.5, 0.6) is 5.75 Å². The van der Waals surface area contributed by atoms with E-state index in [0.717, 1.165) is 12.8 Å². The molecular weight excluding hydrogens is 403 g/mol. The van der Waals surface area contributed by atoms with Gasteiger partial charge >= 0.3 is 0 Å². The van der Waals surface area contributed by atoms with Crippen LogP contribution in [0, 0.1) is 5.82 Å². The van der Waals surface area contributed by atoms with Crippen LogP contribution in [0.1, 0.15) is 51.2 Å². The number of nitrogens with zero attached hydrogens (tertiary/aromatic N) is 4. The van der Waals surface area contributed by atoms with Crippen LogP contribution in [-0.2, 0) is 16.0 Å². The zero-order chi connectivity index (χ0) is 22.4. The van der Waals surface area contributed by atoms with Crippen LogP contribution in [0.25, 0.3) is 0 Å². The quantitative estimate of drug-likeness (QED) is 0.637. The van der Waals surface area contributed by atoms with Gasteiger partial charge < -0.3 is 19.1 Å². The second-order valence-corrected chi connectivity index (χ2v) is 8.04. The molecule has 3 rings (SSSR count). The van der Waals surface area contributed by atoms with Crippen LogP contribution in [-0.4, -0.2) is 64.0 Å². The molecule has 1 unspecified atom stereocenters. The summed E-state index contributed by atoms with van der Waals surface area (Å²) in [5.41, 5.74) is 0. The van der Waals surface area contributed by atoms with Crippen molar-refractivity contribution < 1.29 is 23.2 Å². The molecule has 0 saturated carbocycles. The van der Waals surface area contributed by atoms with Gasteiger partial charge in [0.05, 0.1) is 0 Å². The number of likely N-dealkylation sites (tertiary alicyclic amines) is 1. The summed E-state index contributed by atoms with van der Waals surface area (Å²) in [4.78, 5) is 32.8.